The van der Waals surface area contributed by atoms with E-state index in [0.717, 1.165) is 11.3 Å². The number of anilines is 1. The summed E-state index contributed by atoms with van der Waals surface area (Å²) in [7, 11) is 0. The number of rotatable bonds is 5. The van der Waals surface area contributed by atoms with Crippen LogP contribution >= 0.6 is 11.6 Å². The fourth-order valence-electron chi connectivity index (χ4n) is 1.77. The predicted molar refractivity (Wildman–Crippen MR) is 75.2 cm³/mol. The smallest absolute Gasteiger partial charge is 0.250 e. The molecule has 2 rings (SSSR count). The van der Waals surface area contributed by atoms with Crippen LogP contribution in [0, 0.1) is 0 Å². The summed E-state index contributed by atoms with van der Waals surface area (Å²) in [5.41, 5.74) is 2.11. The summed E-state index contributed by atoms with van der Waals surface area (Å²) in [6.07, 6.45) is 1.79. The quantitative estimate of drug-likeness (QED) is 0.841. The van der Waals surface area contributed by atoms with Crippen LogP contribution in [0.25, 0.3) is 0 Å². The highest BCUT2D eigenvalue weighted by Crippen LogP contribution is 2.16. The van der Waals surface area contributed by atoms with Crippen molar-refractivity contribution in [3.63, 3.8) is 0 Å². The van der Waals surface area contributed by atoms with E-state index >= 15 is 0 Å². The Morgan fingerprint density at radius 3 is 2.67 bits per heavy atom. The van der Waals surface area contributed by atoms with Crippen LogP contribution in [0.2, 0.25) is 0 Å². The van der Waals surface area contributed by atoms with E-state index in [1.165, 1.54) is 0 Å². The van der Waals surface area contributed by atoms with Gasteiger partial charge in [0.05, 0.1) is 0 Å². The lowest BCUT2D eigenvalue weighted by molar-refractivity contribution is 0.697. The van der Waals surface area contributed by atoms with Crippen LogP contribution in [-0.4, -0.2) is 11.1 Å². The second-order valence-electron chi connectivity index (χ2n) is 3.95. The van der Waals surface area contributed by atoms with Crippen LogP contribution < -0.4 is 10.9 Å². The first-order valence-corrected chi connectivity index (χ1v) is 6.38. The van der Waals surface area contributed by atoms with Gasteiger partial charge in [-0.3, -0.25) is 4.79 Å². The highest BCUT2D eigenvalue weighted by molar-refractivity contribution is 6.17. The van der Waals surface area contributed by atoms with Crippen LogP contribution in [-0.2, 0) is 12.4 Å². The highest BCUT2D eigenvalue weighted by Gasteiger charge is 1.99. The van der Waals surface area contributed by atoms with Gasteiger partial charge in [0.2, 0.25) is 0 Å². The normalized spacial score (nSPS) is 10.3. The first-order chi connectivity index (χ1) is 8.81. The van der Waals surface area contributed by atoms with E-state index in [-0.39, 0.29) is 5.56 Å². The lowest BCUT2D eigenvalue weighted by atomic mass is 10.2. The Morgan fingerprint density at radius 2 is 1.89 bits per heavy atom. The molecule has 94 valence electrons. The van der Waals surface area contributed by atoms with Crippen LogP contribution in [0.4, 0.5) is 5.69 Å². The van der Waals surface area contributed by atoms with Crippen molar-refractivity contribution >= 4 is 17.3 Å². The van der Waals surface area contributed by atoms with Crippen LogP contribution in [0.1, 0.15) is 5.56 Å². The van der Waals surface area contributed by atoms with E-state index in [9.17, 15) is 4.79 Å². The van der Waals surface area contributed by atoms with Gasteiger partial charge in [0.25, 0.3) is 5.56 Å². The SMILES string of the molecule is O=c1ccccn1CCNc1ccccc1CCl. The number of nitrogens with one attached hydrogen (secondary N) is 1. The van der Waals surface area contributed by atoms with Gasteiger partial charge in [0, 0.05) is 36.9 Å². The molecule has 0 fully saturated rings. The standard InChI is InChI=1S/C14H15ClN2O/c15-11-12-5-1-2-6-13(12)16-8-10-17-9-4-3-7-14(17)18/h1-7,9,16H,8,10-11H2. The molecule has 18 heavy (non-hydrogen) atoms. The maximum absolute atomic E-state index is 11.5. The molecule has 3 nitrogen and oxygen atoms in total. The lowest BCUT2D eigenvalue weighted by Gasteiger charge is -2.11. The zero-order valence-corrected chi connectivity index (χ0v) is 10.7. The zero-order chi connectivity index (χ0) is 12.8. The molecule has 0 spiro atoms. The minimum atomic E-state index is 0.0185. The summed E-state index contributed by atoms with van der Waals surface area (Å²) in [5.74, 6) is 0.481. The van der Waals surface area contributed by atoms with E-state index in [1.807, 2.05) is 30.3 Å². The molecule has 1 N–H and O–H groups in total. The molecular weight excluding hydrogens is 248 g/mol. The number of pyridine rings is 1. The molecular formula is C14H15ClN2O. The number of aromatic nitrogens is 1. The van der Waals surface area contributed by atoms with Gasteiger partial charge in [-0.05, 0) is 17.7 Å². The zero-order valence-electron chi connectivity index (χ0n) is 9.97. The molecule has 4 heteroatoms. The first-order valence-electron chi connectivity index (χ1n) is 5.84. The van der Waals surface area contributed by atoms with Gasteiger partial charge >= 0.3 is 0 Å². The molecule has 0 aliphatic rings. The van der Waals surface area contributed by atoms with E-state index in [4.69, 9.17) is 11.6 Å². The second kappa shape index (κ2) is 6.26. The summed E-state index contributed by atoms with van der Waals surface area (Å²) in [6, 6.07) is 13.1. The first kappa shape index (κ1) is 12.7. The Kier molecular flexibility index (Phi) is 4.42. The fraction of sp³-hybridized carbons (Fsp3) is 0.214. The topological polar surface area (TPSA) is 34.0 Å². The fourth-order valence-corrected chi connectivity index (χ4v) is 2.00. The van der Waals surface area contributed by atoms with Crippen molar-refractivity contribution in [1.29, 1.82) is 0 Å². The Balaban J connectivity index is 1.97. The van der Waals surface area contributed by atoms with Crippen LogP contribution in [0.3, 0.4) is 0 Å². The van der Waals surface area contributed by atoms with Crippen molar-refractivity contribution in [2.75, 3.05) is 11.9 Å². The van der Waals surface area contributed by atoms with E-state index in [2.05, 4.69) is 5.32 Å². The van der Waals surface area contributed by atoms with Gasteiger partial charge in [0.15, 0.2) is 0 Å². The minimum absolute atomic E-state index is 0.0185. The van der Waals surface area contributed by atoms with Crippen LogP contribution in [0.5, 0.6) is 0 Å². The molecule has 0 amide bonds. The average Bonchev–Trinajstić information content (AvgIpc) is 2.41. The van der Waals surface area contributed by atoms with Crippen molar-refractivity contribution in [3.05, 3.63) is 64.6 Å². The summed E-state index contributed by atoms with van der Waals surface area (Å²) in [5, 5.41) is 3.30. The molecule has 0 saturated heterocycles. The van der Waals surface area contributed by atoms with Crippen LogP contribution in [0.15, 0.2) is 53.5 Å². The number of nitrogens with zero attached hydrogens (tertiary/aromatic N) is 1. The third-order valence-electron chi connectivity index (χ3n) is 2.73. The molecule has 0 aliphatic heterocycles. The molecule has 2 aromatic rings. The van der Waals surface area contributed by atoms with Gasteiger partial charge in [-0.25, -0.2) is 0 Å². The Bertz CT molecular complexity index is 565. The number of hydrogen-bond acceptors (Lipinski definition) is 2. The van der Waals surface area contributed by atoms with Gasteiger partial charge in [-0.15, -0.1) is 11.6 Å². The monoisotopic (exact) mass is 262 g/mol. The van der Waals surface area contributed by atoms with Gasteiger partial charge in [-0.1, -0.05) is 24.3 Å². The number of halogens is 1. The van der Waals surface area contributed by atoms with Gasteiger partial charge in [0.1, 0.15) is 0 Å². The second-order valence-corrected chi connectivity index (χ2v) is 4.22. The molecule has 0 atom stereocenters. The molecule has 0 bridgehead atoms. The maximum Gasteiger partial charge on any atom is 0.250 e. The molecule has 1 aromatic carbocycles. The van der Waals surface area contributed by atoms with E-state index in [0.29, 0.717) is 19.0 Å². The Morgan fingerprint density at radius 1 is 1.11 bits per heavy atom. The lowest BCUT2D eigenvalue weighted by Crippen LogP contribution is -2.22. The number of benzene rings is 1. The van der Waals surface area contributed by atoms with Crippen molar-refractivity contribution < 1.29 is 0 Å². The number of hydrogen-bond donors (Lipinski definition) is 1. The van der Waals surface area contributed by atoms with E-state index in [1.54, 1.807) is 22.9 Å². The molecule has 0 aliphatic carbocycles. The van der Waals surface area contributed by atoms with E-state index < -0.39 is 0 Å². The summed E-state index contributed by atoms with van der Waals surface area (Å²) >= 11 is 5.86. The third kappa shape index (κ3) is 3.14. The van der Waals surface area contributed by atoms with Crippen molar-refractivity contribution in [1.82, 2.24) is 4.57 Å². The minimum Gasteiger partial charge on any atom is -0.383 e. The number of para-hydroxylation sites is 1. The van der Waals surface area contributed by atoms with Gasteiger partial charge < -0.3 is 9.88 Å². The molecule has 1 heterocycles. The largest absolute Gasteiger partial charge is 0.383 e. The summed E-state index contributed by atoms with van der Waals surface area (Å²) < 4.78 is 1.68. The summed E-state index contributed by atoms with van der Waals surface area (Å²) in [4.78, 5) is 11.5. The molecule has 1 aromatic heterocycles. The Labute approximate surface area is 111 Å². The maximum atomic E-state index is 11.5. The van der Waals surface area contributed by atoms with Gasteiger partial charge in [-0.2, -0.15) is 0 Å². The molecule has 0 radical (unpaired) electrons. The predicted octanol–water partition coefficient (Wildman–Crippen LogP) is 2.70. The van der Waals surface area contributed by atoms with Crippen molar-refractivity contribution in [3.8, 4) is 0 Å². The summed E-state index contributed by atoms with van der Waals surface area (Å²) in [6.45, 7) is 1.33. The Hall–Kier alpha value is -1.74. The molecule has 0 saturated carbocycles. The molecule has 0 unspecified atom stereocenters. The van der Waals surface area contributed by atoms with Crippen molar-refractivity contribution in [2.45, 2.75) is 12.4 Å². The number of alkyl halides is 1. The average molecular weight is 263 g/mol. The van der Waals surface area contributed by atoms with Crippen molar-refractivity contribution in [2.24, 2.45) is 0 Å². The highest BCUT2D eigenvalue weighted by atomic mass is 35.5. The third-order valence-corrected chi connectivity index (χ3v) is 3.02.